The zero-order chi connectivity index (χ0) is 10.9. The molecule has 0 bridgehead atoms. The number of hydrogen-bond donors (Lipinski definition) is 0. The largest absolute Gasteiger partial charge is 0.146 e. The van der Waals surface area contributed by atoms with E-state index in [1.165, 1.54) is 15.3 Å². The fraction of sp³-hybridized carbons (Fsp3) is 0.667. The summed E-state index contributed by atoms with van der Waals surface area (Å²) in [5, 5.41) is 0. The van der Waals surface area contributed by atoms with Crippen molar-refractivity contribution in [2.45, 2.75) is 39.4 Å². The number of rotatable bonds is 3. The molecule has 0 spiro atoms. The van der Waals surface area contributed by atoms with Crippen LogP contribution in [0, 0.1) is 25.7 Å². The van der Waals surface area contributed by atoms with Crippen LogP contribution in [0.1, 0.15) is 40.9 Å². The monoisotopic (exact) mass is 274 g/mol. The minimum absolute atomic E-state index is 0.507. The Morgan fingerprint density at radius 3 is 2.14 bits per heavy atom. The number of thiophene rings is 1. The van der Waals surface area contributed by atoms with Gasteiger partial charge < -0.3 is 0 Å². The molecule has 1 rings (SSSR count). The molecule has 0 aliphatic carbocycles. The lowest BCUT2D eigenvalue weighted by Crippen LogP contribution is -2.10. The van der Waals surface area contributed by atoms with E-state index >= 15 is 0 Å². The van der Waals surface area contributed by atoms with Gasteiger partial charge in [0, 0.05) is 14.6 Å². The van der Waals surface area contributed by atoms with Gasteiger partial charge >= 0.3 is 0 Å². The van der Waals surface area contributed by atoms with Crippen molar-refractivity contribution in [2.24, 2.45) is 11.8 Å². The van der Waals surface area contributed by atoms with Crippen LogP contribution >= 0.6 is 27.3 Å². The minimum Gasteiger partial charge on any atom is -0.146 e. The molecule has 0 saturated heterocycles. The highest BCUT2D eigenvalue weighted by molar-refractivity contribution is 9.09. The Labute approximate surface area is 99.9 Å². The van der Waals surface area contributed by atoms with Gasteiger partial charge in [0.25, 0.3) is 0 Å². The highest BCUT2D eigenvalue weighted by atomic mass is 79.9. The number of halogens is 1. The van der Waals surface area contributed by atoms with E-state index in [0.29, 0.717) is 10.7 Å². The van der Waals surface area contributed by atoms with Crippen molar-refractivity contribution in [3.63, 3.8) is 0 Å². The summed E-state index contributed by atoms with van der Waals surface area (Å²) in [5.41, 5.74) is 1.48. The first-order chi connectivity index (χ1) is 6.43. The standard InChI is InChI=1S/C12H19BrS/c1-7(2)9(4)12(13)11-6-8(3)14-10(11)5/h6-7,9,12H,1-5H3. The Balaban J connectivity index is 2.88. The van der Waals surface area contributed by atoms with Crippen molar-refractivity contribution >= 4 is 27.3 Å². The summed E-state index contributed by atoms with van der Waals surface area (Å²) in [4.78, 5) is 3.38. The van der Waals surface area contributed by atoms with Crippen LogP contribution in [0.15, 0.2) is 6.07 Å². The Bertz CT molecular complexity index is 301. The van der Waals surface area contributed by atoms with E-state index < -0.39 is 0 Å². The summed E-state index contributed by atoms with van der Waals surface area (Å²) in [5.74, 6) is 1.40. The van der Waals surface area contributed by atoms with Gasteiger partial charge in [-0.3, -0.25) is 0 Å². The molecule has 1 aromatic heterocycles. The van der Waals surface area contributed by atoms with Crippen LogP contribution in [0.25, 0.3) is 0 Å². The molecule has 0 saturated carbocycles. The summed E-state index contributed by atoms with van der Waals surface area (Å²) < 4.78 is 0. The van der Waals surface area contributed by atoms with Gasteiger partial charge in [0.2, 0.25) is 0 Å². The van der Waals surface area contributed by atoms with Crippen LogP contribution in [-0.2, 0) is 0 Å². The van der Waals surface area contributed by atoms with Gasteiger partial charge in [0.05, 0.1) is 0 Å². The molecule has 1 aromatic rings. The second-order valence-electron chi connectivity index (χ2n) is 4.37. The van der Waals surface area contributed by atoms with Crippen LogP contribution in [0.4, 0.5) is 0 Å². The fourth-order valence-corrected chi connectivity index (χ4v) is 3.76. The van der Waals surface area contributed by atoms with Crippen LogP contribution < -0.4 is 0 Å². The van der Waals surface area contributed by atoms with Crippen molar-refractivity contribution in [2.75, 3.05) is 0 Å². The Morgan fingerprint density at radius 2 is 1.79 bits per heavy atom. The molecular weight excluding hydrogens is 256 g/mol. The third-order valence-electron chi connectivity index (χ3n) is 2.89. The van der Waals surface area contributed by atoms with Gasteiger partial charge in [0.15, 0.2) is 0 Å². The molecule has 0 nitrogen and oxygen atoms in total. The third kappa shape index (κ3) is 2.60. The van der Waals surface area contributed by atoms with Crippen molar-refractivity contribution in [1.29, 1.82) is 0 Å². The van der Waals surface area contributed by atoms with Gasteiger partial charge in [-0.25, -0.2) is 0 Å². The third-order valence-corrected chi connectivity index (χ3v) is 5.20. The normalized spacial score (nSPS) is 15.9. The molecule has 0 aromatic carbocycles. The van der Waals surface area contributed by atoms with Crippen molar-refractivity contribution in [3.8, 4) is 0 Å². The molecule has 80 valence electrons. The predicted molar refractivity (Wildman–Crippen MR) is 69.5 cm³/mol. The zero-order valence-electron chi connectivity index (χ0n) is 9.60. The molecule has 14 heavy (non-hydrogen) atoms. The predicted octanol–water partition coefficient (Wildman–Crippen LogP) is 5.09. The second-order valence-corrected chi connectivity index (χ2v) is 6.82. The maximum atomic E-state index is 3.82. The highest BCUT2D eigenvalue weighted by Gasteiger charge is 2.21. The van der Waals surface area contributed by atoms with E-state index in [9.17, 15) is 0 Å². The molecule has 0 amide bonds. The smallest absolute Gasteiger partial charge is 0.0434 e. The van der Waals surface area contributed by atoms with Gasteiger partial charge in [-0.05, 0) is 37.3 Å². The quantitative estimate of drug-likeness (QED) is 0.674. The fourth-order valence-electron chi connectivity index (χ4n) is 1.55. The van der Waals surface area contributed by atoms with Crippen molar-refractivity contribution < 1.29 is 0 Å². The molecule has 0 radical (unpaired) electrons. The Kier molecular flexibility index (Phi) is 4.20. The highest BCUT2D eigenvalue weighted by Crippen LogP contribution is 2.39. The Morgan fingerprint density at radius 1 is 1.21 bits per heavy atom. The molecule has 0 aliphatic rings. The van der Waals surface area contributed by atoms with Crippen LogP contribution in [0.3, 0.4) is 0 Å². The molecule has 0 fully saturated rings. The van der Waals surface area contributed by atoms with E-state index in [-0.39, 0.29) is 0 Å². The SMILES string of the molecule is Cc1cc(C(Br)C(C)C(C)C)c(C)s1. The zero-order valence-corrected chi connectivity index (χ0v) is 12.0. The average Bonchev–Trinajstić information content (AvgIpc) is 2.42. The van der Waals surface area contributed by atoms with Crippen LogP contribution in [0.2, 0.25) is 0 Å². The van der Waals surface area contributed by atoms with E-state index in [1.807, 2.05) is 11.3 Å². The minimum atomic E-state index is 0.507. The molecule has 1 heterocycles. The summed E-state index contributed by atoms with van der Waals surface area (Å²) in [6, 6.07) is 2.32. The van der Waals surface area contributed by atoms with E-state index in [2.05, 4.69) is 56.6 Å². The lowest BCUT2D eigenvalue weighted by Gasteiger charge is -2.21. The maximum Gasteiger partial charge on any atom is 0.0434 e. The summed E-state index contributed by atoms with van der Waals surface area (Å²) in [6.45, 7) is 11.3. The van der Waals surface area contributed by atoms with E-state index in [1.54, 1.807) is 0 Å². The molecule has 0 aliphatic heterocycles. The van der Waals surface area contributed by atoms with Crippen molar-refractivity contribution in [3.05, 3.63) is 21.4 Å². The first kappa shape index (κ1) is 12.3. The first-order valence-corrected chi connectivity index (χ1v) is 6.87. The first-order valence-electron chi connectivity index (χ1n) is 5.14. The van der Waals surface area contributed by atoms with Gasteiger partial charge in [-0.1, -0.05) is 36.7 Å². The lowest BCUT2D eigenvalue weighted by atomic mass is 9.91. The number of alkyl halides is 1. The summed E-state index contributed by atoms with van der Waals surface area (Å²) in [7, 11) is 0. The molecular formula is C12H19BrS. The van der Waals surface area contributed by atoms with Crippen LogP contribution in [0.5, 0.6) is 0 Å². The summed E-state index contributed by atoms with van der Waals surface area (Å²) >= 11 is 5.72. The Hall–Kier alpha value is 0.180. The van der Waals surface area contributed by atoms with Gasteiger partial charge in [-0.2, -0.15) is 0 Å². The second kappa shape index (κ2) is 4.80. The van der Waals surface area contributed by atoms with Crippen molar-refractivity contribution in [1.82, 2.24) is 0 Å². The van der Waals surface area contributed by atoms with Gasteiger partial charge in [0.1, 0.15) is 0 Å². The van der Waals surface area contributed by atoms with Gasteiger partial charge in [-0.15, -0.1) is 11.3 Å². The molecule has 0 N–H and O–H groups in total. The lowest BCUT2D eigenvalue weighted by molar-refractivity contribution is 0.414. The maximum absolute atomic E-state index is 3.82. The van der Waals surface area contributed by atoms with E-state index in [4.69, 9.17) is 0 Å². The number of hydrogen-bond acceptors (Lipinski definition) is 1. The van der Waals surface area contributed by atoms with Crippen LogP contribution in [-0.4, -0.2) is 0 Å². The number of aryl methyl sites for hydroxylation is 2. The molecule has 2 atom stereocenters. The molecule has 2 heteroatoms. The van der Waals surface area contributed by atoms with E-state index in [0.717, 1.165) is 5.92 Å². The topological polar surface area (TPSA) is 0 Å². The summed E-state index contributed by atoms with van der Waals surface area (Å²) in [6.07, 6.45) is 0. The average molecular weight is 275 g/mol. The molecule has 2 unspecified atom stereocenters.